The highest BCUT2D eigenvalue weighted by atomic mass is 16.6. The zero-order valence-electron chi connectivity index (χ0n) is 51.7. The van der Waals surface area contributed by atoms with Crippen molar-refractivity contribution in [2.24, 2.45) is 0 Å². The Balaban J connectivity index is 4.54. The molecule has 1 atom stereocenters. The Hall–Kier alpha value is -5.49. The van der Waals surface area contributed by atoms with Gasteiger partial charge in [-0.2, -0.15) is 0 Å². The van der Waals surface area contributed by atoms with Crippen LogP contribution in [0.4, 0.5) is 0 Å². The highest BCUT2D eigenvalue weighted by molar-refractivity contribution is 5.71. The van der Waals surface area contributed by atoms with Crippen molar-refractivity contribution in [2.45, 2.75) is 258 Å². The van der Waals surface area contributed by atoms with Crippen LogP contribution in [0.2, 0.25) is 0 Å². The van der Waals surface area contributed by atoms with Gasteiger partial charge in [-0.05, 0) is 135 Å². The largest absolute Gasteiger partial charge is 0.462 e. The molecule has 0 N–H and O–H groups in total. The van der Waals surface area contributed by atoms with Crippen LogP contribution in [-0.4, -0.2) is 37.2 Å². The van der Waals surface area contributed by atoms with Gasteiger partial charge in [0.2, 0.25) is 0 Å². The van der Waals surface area contributed by atoms with Gasteiger partial charge >= 0.3 is 17.9 Å². The SMILES string of the molecule is CC/C=C\C/C=C\C/C=C\C/C=C\C/C=C\C/C=C\C/C=C\C/C=C\C/C=C\CCCC(=O)OCC(COC(=O)CCCCCCCCCCCCCCC)OC(=O)CCCC/C=C\C/C=C\C/C=C\C/C=C\C/C=C\C/C=C\CC. The van der Waals surface area contributed by atoms with Gasteiger partial charge in [0.1, 0.15) is 13.2 Å². The molecule has 0 rings (SSSR count). The van der Waals surface area contributed by atoms with Crippen molar-refractivity contribution >= 4 is 17.9 Å². The molecule has 0 spiro atoms. The predicted octanol–water partition coefficient (Wildman–Crippen LogP) is 22.4. The van der Waals surface area contributed by atoms with Crippen LogP contribution in [0.15, 0.2) is 182 Å². The molecule has 0 aliphatic carbocycles. The summed E-state index contributed by atoms with van der Waals surface area (Å²) in [5, 5.41) is 0. The summed E-state index contributed by atoms with van der Waals surface area (Å²) in [5.74, 6) is -1.03. The van der Waals surface area contributed by atoms with E-state index >= 15 is 0 Å². The highest BCUT2D eigenvalue weighted by Gasteiger charge is 2.19. The summed E-state index contributed by atoms with van der Waals surface area (Å²) in [6, 6.07) is 0. The molecule has 6 nitrogen and oxygen atoms in total. The normalized spacial score (nSPS) is 13.4. The Morgan fingerprint density at radius 3 is 0.802 bits per heavy atom. The molecule has 0 saturated heterocycles. The van der Waals surface area contributed by atoms with Crippen LogP contribution >= 0.6 is 0 Å². The van der Waals surface area contributed by atoms with Crippen molar-refractivity contribution in [2.75, 3.05) is 13.2 Å². The molecule has 0 radical (unpaired) electrons. The first kappa shape index (κ1) is 75.5. The maximum Gasteiger partial charge on any atom is 0.306 e. The zero-order chi connectivity index (χ0) is 58.5. The number of carbonyl (C=O) groups is 3. The van der Waals surface area contributed by atoms with Gasteiger partial charge < -0.3 is 14.2 Å². The van der Waals surface area contributed by atoms with Crippen LogP contribution < -0.4 is 0 Å². The van der Waals surface area contributed by atoms with Crippen LogP contribution in [-0.2, 0) is 28.6 Å². The number of hydrogen-bond acceptors (Lipinski definition) is 6. The fraction of sp³-hybridized carbons (Fsp3) is 0.560. The second-order valence-electron chi connectivity index (χ2n) is 20.6. The molecule has 452 valence electrons. The topological polar surface area (TPSA) is 78.9 Å². The van der Waals surface area contributed by atoms with Crippen LogP contribution in [0.5, 0.6) is 0 Å². The Morgan fingerprint density at radius 2 is 0.494 bits per heavy atom. The highest BCUT2D eigenvalue weighted by Crippen LogP contribution is 2.14. The van der Waals surface area contributed by atoms with Crippen LogP contribution in [0.1, 0.15) is 252 Å². The maximum atomic E-state index is 12.9. The number of ether oxygens (including phenoxy) is 3. The number of rotatable bonds is 56. The summed E-state index contributed by atoms with van der Waals surface area (Å²) in [5.41, 5.74) is 0. The lowest BCUT2D eigenvalue weighted by Crippen LogP contribution is -2.30. The van der Waals surface area contributed by atoms with Gasteiger partial charge in [0, 0.05) is 19.3 Å². The molecule has 0 aromatic carbocycles. The first-order valence-corrected chi connectivity index (χ1v) is 32.3. The van der Waals surface area contributed by atoms with Crippen molar-refractivity contribution in [1.29, 1.82) is 0 Å². The predicted molar refractivity (Wildman–Crippen MR) is 352 cm³/mol. The Labute approximate surface area is 497 Å². The van der Waals surface area contributed by atoms with E-state index in [4.69, 9.17) is 14.2 Å². The molecule has 0 aromatic heterocycles. The first-order valence-electron chi connectivity index (χ1n) is 32.3. The molecule has 0 bridgehead atoms. The van der Waals surface area contributed by atoms with E-state index in [-0.39, 0.29) is 44.0 Å². The van der Waals surface area contributed by atoms with Gasteiger partial charge in [-0.3, -0.25) is 14.4 Å². The molecule has 0 aliphatic rings. The molecular formula is C75H116O6. The number of carbonyl (C=O) groups excluding carboxylic acids is 3. The molecule has 0 aliphatic heterocycles. The quantitative estimate of drug-likeness (QED) is 0.0261. The van der Waals surface area contributed by atoms with Gasteiger partial charge in [-0.1, -0.05) is 280 Å². The Bertz CT molecular complexity index is 1900. The third kappa shape index (κ3) is 65.2. The summed E-state index contributed by atoms with van der Waals surface area (Å²) in [4.78, 5) is 38.3. The van der Waals surface area contributed by atoms with Crippen molar-refractivity contribution in [3.63, 3.8) is 0 Å². The fourth-order valence-corrected chi connectivity index (χ4v) is 8.15. The number of unbranched alkanes of at least 4 members (excludes halogenated alkanes) is 15. The summed E-state index contributed by atoms with van der Waals surface area (Å²) in [7, 11) is 0. The summed E-state index contributed by atoms with van der Waals surface area (Å²) < 4.78 is 16.8. The van der Waals surface area contributed by atoms with Gasteiger partial charge in [0.25, 0.3) is 0 Å². The lowest BCUT2D eigenvalue weighted by atomic mass is 10.0. The van der Waals surface area contributed by atoms with E-state index in [0.717, 1.165) is 135 Å². The molecule has 0 aromatic rings. The van der Waals surface area contributed by atoms with E-state index in [1.54, 1.807) is 0 Å². The number of esters is 3. The van der Waals surface area contributed by atoms with E-state index in [0.29, 0.717) is 19.3 Å². The van der Waals surface area contributed by atoms with Gasteiger partial charge in [0.05, 0.1) is 0 Å². The standard InChI is InChI=1S/C75H116O6/c1-4-7-10-13-16-19-22-25-27-29-31-33-34-35-36-37-38-39-40-42-43-45-47-50-53-56-59-62-65-68-74(77)80-71-72(70-79-73(76)67-64-61-58-55-52-49-24-21-18-15-12-9-6-3)81-75(78)69-66-63-60-57-54-51-48-46-44-41-32-30-28-26-23-20-17-14-11-8-5-2/h7-8,10-11,16-17,19-20,25-28,31-33,35-36,38-39,41-43,46-48,50,54,56-57,59,72H,4-6,9,12-15,18,21-24,29-30,34,37,40,44-45,49,51-53,55,58,60-71H2,1-3H3/b10-7-,11-8-,19-16-,20-17-,27-25-,28-26-,33-31-,36-35-,39-38-,41-32-,43-42-,48-46-,50-47-,57-54-,59-56-. The number of allylic oxidation sites excluding steroid dienone is 30. The molecule has 0 heterocycles. The van der Waals surface area contributed by atoms with Crippen LogP contribution in [0.25, 0.3) is 0 Å². The van der Waals surface area contributed by atoms with Crippen LogP contribution in [0, 0.1) is 0 Å². The lowest BCUT2D eigenvalue weighted by Gasteiger charge is -2.18. The molecule has 0 amide bonds. The van der Waals surface area contributed by atoms with Gasteiger partial charge in [-0.25, -0.2) is 0 Å². The summed E-state index contributed by atoms with van der Waals surface area (Å²) >= 11 is 0. The molecule has 0 fully saturated rings. The second-order valence-corrected chi connectivity index (χ2v) is 20.6. The molecule has 1 unspecified atom stereocenters. The van der Waals surface area contributed by atoms with E-state index in [2.05, 4.69) is 203 Å². The van der Waals surface area contributed by atoms with Crippen molar-refractivity contribution in [3.05, 3.63) is 182 Å². The van der Waals surface area contributed by atoms with Gasteiger partial charge in [0.15, 0.2) is 6.10 Å². The monoisotopic (exact) mass is 1110 g/mol. The first-order chi connectivity index (χ1) is 40.0. The van der Waals surface area contributed by atoms with E-state index in [1.165, 1.54) is 64.2 Å². The second kappa shape index (κ2) is 67.0. The zero-order valence-corrected chi connectivity index (χ0v) is 51.7. The van der Waals surface area contributed by atoms with E-state index in [1.807, 2.05) is 0 Å². The van der Waals surface area contributed by atoms with Crippen molar-refractivity contribution in [3.8, 4) is 0 Å². The van der Waals surface area contributed by atoms with Crippen molar-refractivity contribution in [1.82, 2.24) is 0 Å². The summed E-state index contributed by atoms with van der Waals surface area (Å²) in [6.07, 6.45) is 100. The molecule has 0 saturated carbocycles. The summed E-state index contributed by atoms with van der Waals surface area (Å²) in [6.45, 7) is 6.32. The maximum absolute atomic E-state index is 12.9. The minimum Gasteiger partial charge on any atom is -0.462 e. The fourth-order valence-electron chi connectivity index (χ4n) is 8.15. The minimum atomic E-state index is -0.835. The number of hydrogen-bond donors (Lipinski definition) is 0. The molecule has 6 heteroatoms. The van der Waals surface area contributed by atoms with Crippen molar-refractivity contribution < 1.29 is 28.6 Å². The average Bonchev–Trinajstić information content (AvgIpc) is 3.46. The third-order valence-electron chi connectivity index (χ3n) is 12.9. The Kier molecular flexibility index (Phi) is 62.5. The average molecular weight is 1110 g/mol. The lowest BCUT2D eigenvalue weighted by molar-refractivity contribution is -0.167. The molecular weight excluding hydrogens is 997 g/mol. The molecule has 81 heavy (non-hydrogen) atoms. The third-order valence-corrected chi connectivity index (χ3v) is 12.9. The Morgan fingerprint density at radius 1 is 0.259 bits per heavy atom. The smallest absolute Gasteiger partial charge is 0.306 e. The van der Waals surface area contributed by atoms with E-state index < -0.39 is 6.10 Å². The van der Waals surface area contributed by atoms with Crippen LogP contribution in [0.3, 0.4) is 0 Å². The van der Waals surface area contributed by atoms with E-state index in [9.17, 15) is 14.4 Å². The minimum absolute atomic E-state index is 0.121. The van der Waals surface area contributed by atoms with Gasteiger partial charge in [-0.15, -0.1) is 0 Å².